The average Bonchev–Trinajstić information content (AvgIpc) is 1.46. The number of hydrogen-bond donors (Lipinski definition) is 2. The van der Waals surface area contributed by atoms with Crippen molar-refractivity contribution in [3.63, 3.8) is 0 Å². The molecule has 32 valence electrons. The van der Waals surface area contributed by atoms with Crippen molar-refractivity contribution in [1.29, 1.82) is 0 Å². The van der Waals surface area contributed by atoms with Gasteiger partial charge in [-0.2, -0.15) is 0 Å². The fraction of sp³-hybridized carbons (Fsp3) is 0. The van der Waals surface area contributed by atoms with Crippen LogP contribution in [0.2, 0.25) is 0 Å². The molecule has 5 heteroatoms. The monoisotopic (exact) mass is 205 g/mol. The van der Waals surface area contributed by atoms with E-state index in [0.717, 1.165) is 0 Å². The van der Waals surface area contributed by atoms with Gasteiger partial charge in [-0.15, -0.1) is 0 Å². The minimum Gasteiger partial charge on any atom is -0.615 e. The molecule has 0 heterocycles. The van der Waals surface area contributed by atoms with E-state index in [9.17, 15) is 0 Å². The summed E-state index contributed by atoms with van der Waals surface area (Å²) in [6.07, 6.45) is 0. The van der Waals surface area contributed by atoms with Gasteiger partial charge < -0.3 is 35.1 Å². The Morgan fingerprint density at radius 1 is 1.50 bits per heavy atom. The molecule has 0 aliphatic carbocycles. The zero-order valence-electron chi connectivity index (χ0n) is 3.27. The predicted octanol–water partition coefficient (Wildman–Crippen LogP) is -0.311. The van der Waals surface area contributed by atoms with Crippen molar-refractivity contribution in [2.75, 3.05) is 0 Å². The zero-order chi connectivity index (χ0) is 4.71. The maximum atomic E-state index is 5.25. The van der Waals surface area contributed by atoms with Gasteiger partial charge in [-0.3, -0.25) is 0 Å². The zero-order valence-corrected chi connectivity index (χ0v) is 8.12. The van der Waals surface area contributed by atoms with Crippen molar-refractivity contribution in [2.45, 2.75) is 0 Å². The molecule has 5 N–H and O–H groups in total. The predicted molar refractivity (Wildman–Crippen MR) is 25.3 cm³/mol. The second-order valence-electron chi connectivity index (χ2n) is 0.118. The molecule has 0 aromatic heterocycles. The molecule has 0 aromatic carbocycles. The van der Waals surface area contributed by atoms with E-state index in [1.807, 2.05) is 5.49 Å². The summed E-state index contributed by atoms with van der Waals surface area (Å²) >= 11 is 3.92. The summed E-state index contributed by atoms with van der Waals surface area (Å²) in [7, 11) is 0. The van der Waals surface area contributed by atoms with Crippen molar-refractivity contribution >= 4 is 17.7 Å². The number of nitrogens with one attached hydrogen (secondary N) is 1. The van der Waals surface area contributed by atoms with Crippen LogP contribution in [-0.4, -0.2) is 5.49 Å². The summed E-state index contributed by atoms with van der Waals surface area (Å²) in [5.74, 6) is 9.00. The van der Waals surface area contributed by atoms with E-state index in [1.54, 1.807) is 0 Å². The van der Waals surface area contributed by atoms with Crippen molar-refractivity contribution in [2.24, 2.45) is 11.6 Å². The molecule has 0 amide bonds. The van der Waals surface area contributed by atoms with Gasteiger partial charge in [0.15, 0.2) is 0 Å². The summed E-state index contributed by atoms with van der Waals surface area (Å²) in [6, 6.07) is 0. The third-order valence-electron chi connectivity index (χ3n) is 0. The van der Waals surface area contributed by atoms with Crippen molar-refractivity contribution in [3.8, 4) is 0 Å². The molecule has 0 bridgehead atoms. The second-order valence-corrected chi connectivity index (χ2v) is 0.354. The van der Waals surface area contributed by atoms with Gasteiger partial charge in [-0.25, -0.2) is 0 Å². The Hall–Kier alpha value is 0.732. The number of thiocarbonyl (C=S) groups is 1. The summed E-state index contributed by atoms with van der Waals surface area (Å²) in [4.78, 5) is 0. The number of hydrogen-bond acceptors (Lipinski definition) is 2. The molecule has 0 atom stereocenters. The fourth-order valence-corrected chi connectivity index (χ4v) is 0. The maximum Gasteiger partial charge on any atom is 2.00 e. The molecule has 0 radical (unpaired) electrons. The van der Waals surface area contributed by atoms with Crippen LogP contribution >= 0.6 is 12.2 Å². The van der Waals surface area contributed by atoms with E-state index >= 15 is 0 Å². The summed E-state index contributed by atoms with van der Waals surface area (Å²) in [5.41, 5.74) is 6.25. The van der Waals surface area contributed by atoms with E-state index in [-0.39, 0.29) is 27.3 Å². The Morgan fingerprint density at radius 2 is 1.50 bits per heavy atom. The topological polar surface area (TPSA) is 75.8 Å². The molecule has 0 saturated heterocycles. The van der Waals surface area contributed by atoms with Gasteiger partial charge in [-0.1, -0.05) is 0 Å². The fourth-order valence-electron chi connectivity index (χ4n) is 0. The molecular formula is CH5CdN3S. The molecule has 0 fully saturated rings. The molecule has 6 heavy (non-hydrogen) atoms. The van der Waals surface area contributed by atoms with E-state index in [4.69, 9.17) is 5.84 Å². The first kappa shape index (κ1) is 15.9. The summed E-state index contributed by atoms with van der Waals surface area (Å²) < 4.78 is 0. The molecule has 0 aliphatic rings. The molecule has 0 unspecified atom stereocenters. The van der Waals surface area contributed by atoms with Crippen LogP contribution in [0.4, 0.5) is 0 Å². The van der Waals surface area contributed by atoms with Gasteiger partial charge >= 0.3 is 27.3 Å². The van der Waals surface area contributed by atoms with Crippen LogP contribution in [-0.2, 0) is 27.3 Å². The van der Waals surface area contributed by atoms with E-state index in [1.165, 1.54) is 0 Å². The first-order valence-corrected chi connectivity index (χ1v) is 1.19. The number of nitrogens with two attached hydrogens (primary N) is 2. The van der Waals surface area contributed by atoms with E-state index < -0.39 is 0 Å². The van der Waals surface area contributed by atoms with E-state index in [0.29, 0.717) is 0 Å². The van der Waals surface area contributed by atoms with E-state index in [2.05, 4.69) is 23.8 Å². The summed E-state index contributed by atoms with van der Waals surface area (Å²) in [6.45, 7) is 0. The Morgan fingerprint density at radius 3 is 1.50 bits per heavy atom. The number of rotatable bonds is 0. The molecule has 0 spiro atoms. The van der Waals surface area contributed by atoms with Gasteiger partial charge in [-0.05, 0) is 0 Å². The Balaban J connectivity index is -0.0000000275. The minimum absolute atomic E-state index is 0. The smallest absolute Gasteiger partial charge is 0.615 e. The Kier molecular flexibility index (Phi) is 113. The average molecular weight is 204 g/mol. The molecule has 0 saturated carbocycles. The molecule has 3 nitrogen and oxygen atoms in total. The molecule has 0 aromatic rings. The van der Waals surface area contributed by atoms with Gasteiger partial charge in [0, 0.05) is 0 Å². The third kappa shape index (κ3) is 123. The second kappa shape index (κ2) is 42.8. The third-order valence-corrected chi connectivity index (χ3v) is 0. The summed E-state index contributed by atoms with van der Waals surface area (Å²) in [5, 5.41) is 0. The Labute approximate surface area is 62.4 Å². The van der Waals surface area contributed by atoms with Crippen LogP contribution in [0.3, 0.4) is 0 Å². The van der Waals surface area contributed by atoms with Crippen LogP contribution in [0.15, 0.2) is 0 Å². The SMILES string of the molecule is N[C-]=S.[Cd+2].[NH-]N. The first-order chi connectivity index (χ1) is 2.41. The van der Waals surface area contributed by atoms with Crippen LogP contribution in [0.1, 0.15) is 0 Å². The van der Waals surface area contributed by atoms with Gasteiger partial charge in [0.2, 0.25) is 0 Å². The Bertz CT molecular complexity index is 18.3. The van der Waals surface area contributed by atoms with Crippen LogP contribution in [0.5, 0.6) is 0 Å². The van der Waals surface area contributed by atoms with Gasteiger partial charge in [0.05, 0.1) is 0 Å². The van der Waals surface area contributed by atoms with Crippen molar-refractivity contribution < 1.29 is 27.3 Å². The minimum atomic E-state index is 0. The van der Waals surface area contributed by atoms with Crippen molar-refractivity contribution in [1.82, 2.24) is 0 Å². The van der Waals surface area contributed by atoms with Gasteiger partial charge in [0.25, 0.3) is 0 Å². The quantitative estimate of drug-likeness (QED) is 0.142. The van der Waals surface area contributed by atoms with Crippen LogP contribution in [0.25, 0.3) is 5.84 Å². The largest absolute Gasteiger partial charge is 2.00 e. The van der Waals surface area contributed by atoms with Gasteiger partial charge in [0.1, 0.15) is 0 Å². The molecule has 0 aliphatic heterocycles. The maximum absolute atomic E-state index is 5.25. The van der Waals surface area contributed by atoms with Crippen LogP contribution in [0, 0.1) is 0 Å². The molecule has 0 rings (SSSR count). The normalized spacial score (nSPS) is 3.00. The molecular weight excluding hydrogens is 199 g/mol. The van der Waals surface area contributed by atoms with Crippen LogP contribution < -0.4 is 11.6 Å². The first-order valence-electron chi connectivity index (χ1n) is 0.781. The van der Waals surface area contributed by atoms with Crippen molar-refractivity contribution in [3.05, 3.63) is 5.84 Å². The standard InChI is InChI=1S/CH2NS.Cd.H3N2/c2-1-3;;1-2/h(H2,2,3);;1H,2H2/q-1;+2;-1.